The lowest BCUT2D eigenvalue weighted by molar-refractivity contribution is -0.126. The number of carbonyl (C=O) groups excluding carboxylic acids is 2. The van der Waals surface area contributed by atoms with Gasteiger partial charge in [-0.15, -0.1) is 0 Å². The summed E-state index contributed by atoms with van der Waals surface area (Å²) in [6.07, 6.45) is -2.05. The van der Waals surface area contributed by atoms with Crippen molar-refractivity contribution in [1.29, 1.82) is 0 Å². The number of nitrogens with one attached hydrogen (secondary N) is 1. The number of nitrogens with two attached hydrogens (primary N) is 1. The van der Waals surface area contributed by atoms with Crippen LogP contribution in [0.3, 0.4) is 0 Å². The van der Waals surface area contributed by atoms with Crippen LogP contribution in [-0.2, 0) is 9.59 Å². The van der Waals surface area contributed by atoms with Crippen LogP contribution in [0.15, 0.2) is 34.3 Å². The summed E-state index contributed by atoms with van der Waals surface area (Å²) >= 11 is 3.22. The molecule has 0 aliphatic heterocycles. The average molecular weight is 459 g/mol. The van der Waals surface area contributed by atoms with E-state index in [0.29, 0.717) is 10.9 Å². The standard InChI is InChI=1S/C19H24BrFN2O5/c1-9(2)5-13(18(22)26)23-19(27)10-6-14(24)17(25)16(7-10)28-15-8-11(21)3-4-12(15)20/h3-4,7-9,13-14,16-17,24-25H,5-6H2,1-2H3,(H2,22,26)(H,23,27). The Bertz CT molecular complexity index is 771. The van der Waals surface area contributed by atoms with E-state index >= 15 is 0 Å². The maximum Gasteiger partial charge on any atom is 0.247 e. The minimum Gasteiger partial charge on any atom is -0.482 e. The minimum absolute atomic E-state index is 0.115. The second kappa shape index (κ2) is 9.49. The number of carbonyl (C=O) groups is 2. The van der Waals surface area contributed by atoms with Crippen LogP contribution in [0.2, 0.25) is 0 Å². The first kappa shape index (κ1) is 22.3. The van der Waals surface area contributed by atoms with E-state index in [0.717, 1.165) is 6.07 Å². The number of halogens is 2. The molecule has 0 fully saturated rings. The Morgan fingerprint density at radius 1 is 1.39 bits per heavy atom. The number of hydrogen-bond acceptors (Lipinski definition) is 5. The van der Waals surface area contributed by atoms with Gasteiger partial charge in [0.15, 0.2) is 0 Å². The molecule has 4 atom stereocenters. The first-order valence-electron chi connectivity index (χ1n) is 8.87. The molecule has 1 aromatic carbocycles. The van der Waals surface area contributed by atoms with Crippen molar-refractivity contribution >= 4 is 27.7 Å². The summed E-state index contributed by atoms with van der Waals surface area (Å²) in [4.78, 5) is 24.1. The van der Waals surface area contributed by atoms with Gasteiger partial charge in [0.1, 0.15) is 29.8 Å². The van der Waals surface area contributed by atoms with Gasteiger partial charge in [-0.2, -0.15) is 0 Å². The van der Waals surface area contributed by atoms with Gasteiger partial charge >= 0.3 is 0 Å². The Kier molecular flexibility index (Phi) is 7.56. The molecule has 0 saturated heterocycles. The molecule has 0 bridgehead atoms. The highest BCUT2D eigenvalue weighted by atomic mass is 79.9. The Labute approximate surface area is 170 Å². The lowest BCUT2D eigenvalue weighted by Crippen LogP contribution is -2.49. The van der Waals surface area contributed by atoms with Crippen molar-refractivity contribution < 1.29 is 28.9 Å². The van der Waals surface area contributed by atoms with Crippen LogP contribution in [0.4, 0.5) is 4.39 Å². The SMILES string of the molecule is CC(C)CC(NC(=O)C1=CC(Oc2cc(F)ccc2Br)C(O)C(O)C1)C(N)=O. The van der Waals surface area contributed by atoms with Crippen molar-refractivity contribution in [3.63, 3.8) is 0 Å². The minimum atomic E-state index is -1.31. The summed E-state index contributed by atoms with van der Waals surface area (Å²) < 4.78 is 19.5. The smallest absolute Gasteiger partial charge is 0.247 e. The number of benzene rings is 1. The molecule has 0 saturated carbocycles. The molecule has 28 heavy (non-hydrogen) atoms. The predicted octanol–water partition coefficient (Wildman–Crippen LogP) is 1.40. The predicted molar refractivity (Wildman–Crippen MR) is 104 cm³/mol. The van der Waals surface area contributed by atoms with E-state index in [9.17, 15) is 24.2 Å². The van der Waals surface area contributed by atoms with Crippen LogP contribution in [0.25, 0.3) is 0 Å². The number of primary amides is 1. The third kappa shape index (κ3) is 5.76. The maximum absolute atomic E-state index is 13.5. The van der Waals surface area contributed by atoms with E-state index in [1.54, 1.807) is 0 Å². The summed E-state index contributed by atoms with van der Waals surface area (Å²) in [5, 5.41) is 22.9. The Morgan fingerprint density at radius 3 is 2.68 bits per heavy atom. The summed E-state index contributed by atoms with van der Waals surface area (Å²) in [7, 11) is 0. The van der Waals surface area contributed by atoms with E-state index in [-0.39, 0.29) is 23.7 Å². The number of amides is 2. The Morgan fingerprint density at radius 2 is 2.07 bits per heavy atom. The fourth-order valence-electron chi connectivity index (χ4n) is 2.88. The quantitative estimate of drug-likeness (QED) is 0.491. The second-order valence-corrected chi connectivity index (χ2v) is 8.02. The molecule has 1 aromatic rings. The highest BCUT2D eigenvalue weighted by Crippen LogP contribution is 2.30. The second-order valence-electron chi connectivity index (χ2n) is 7.17. The first-order valence-corrected chi connectivity index (χ1v) is 9.66. The number of aliphatic hydroxyl groups is 2. The zero-order valence-corrected chi connectivity index (χ0v) is 17.1. The van der Waals surface area contributed by atoms with Crippen molar-refractivity contribution in [2.75, 3.05) is 0 Å². The molecule has 5 N–H and O–H groups in total. The molecule has 1 aliphatic rings. The van der Waals surface area contributed by atoms with Gasteiger partial charge in [0.2, 0.25) is 11.8 Å². The van der Waals surface area contributed by atoms with E-state index < -0.39 is 42.0 Å². The third-order valence-corrected chi connectivity index (χ3v) is 4.98. The molecule has 9 heteroatoms. The molecule has 0 radical (unpaired) electrons. The fraction of sp³-hybridized carbons (Fsp3) is 0.474. The maximum atomic E-state index is 13.5. The summed E-state index contributed by atoms with van der Waals surface area (Å²) in [5.74, 6) is -1.53. The molecule has 2 amide bonds. The van der Waals surface area contributed by atoms with E-state index in [1.165, 1.54) is 18.2 Å². The summed E-state index contributed by atoms with van der Waals surface area (Å²) in [6.45, 7) is 3.78. The van der Waals surface area contributed by atoms with Gasteiger partial charge in [-0.25, -0.2) is 4.39 Å². The molecular formula is C19H24BrFN2O5. The molecule has 0 aromatic heterocycles. The van der Waals surface area contributed by atoms with Gasteiger partial charge in [-0.3, -0.25) is 9.59 Å². The third-order valence-electron chi connectivity index (χ3n) is 4.33. The van der Waals surface area contributed by atoms with Gasteiger partial charge in [0.05, 0.1) is 10.6 Å². The van der Waals surface area contributed by atoms with Crippen LogP contribution < -0.4 is 15.8 Å². The highest BCUT2D eigenvalue weighted by molar-refractivity contribution is 9.10. The molecule has 154 valence electrons. The van der Waals surface area contributed by atoms with Crippen molar-refractivity contribution in [3.05, 3.63) is 40.1 Å². The summed E-state index contributed by atoms with van der Waals surface area (Å²) in [5.41, 5.74) is 5.49. The molecule has 0 heterocycles. The molecule has 0 spiro atoms. The van der Waals surface area contributed by atoms with Gasteiger partial charge in [0, 0.05) is 18.1 Å². The monoisotopic (exact) mass is 458 g/mol. The van der Waals surface area contributed by atoms with Gasteiger partial charge in [-0.1, -0.05) is 13.8 Å². The van der Waals surface area contributed by atoms with Crippen molar-refractivity contribution in [3.8, 4) is 5.75 Å². The average Bonchev–Trinajstić information content (AvgIpc) is 2.60. The zero-order valence-electron chi connectivity index (χ0n) is 15.6. The molecule has 2 rings (SSSR count). The van der Waals surface area contributed by atoms with Crippen molar-refractivity contribution in [2.24, 2.45) is 11.7 Å². The topological polar surface area (TPSA) is 122 Å². The number of hydrogen-bond donors (Lipinski definition) is 4. The van der Waals surface area contributed by atoms with Crippen molar-refractivity contribution in [2.45, 2.75) is 51.0 Å². The van der Waals surface area contributed by atoms with Gasteiger partial charge in [0.25, 0.3) is 0 Å². The van der Waals surface area contributed by atoms with Gasteiger partial charge < -0.3 is 26.0 Å². The number of aliphatic hydroxyl groups excluding tert-OH is 2. The normalized spacial score (nSPS) is 23.1. The molecule has 7 nitrogen and oxygen atoms in total. The Hall–Kier alpha value is -1.97. The van der Waals surface area contributed by atoms with E-state index in [4.69, 9.17) is 10.5 Å². The van der Waals surface area contributed by atoms with Crippen LogP contribution in [0.5, 0.6) is 5.75 Å². The van der Waals surface area contributed by atoms with Crippen LogP contribution in [0, 0.1) is 11.7 Å². The largest absolute Gasteiger partial charge is 0.482 e. The Balaban J connectivity index is 2.21. The fourth-order valence-corrected chi connectivity index (χ4v) is 3.22. The lowest BCUT2D eigenvalue weighted by atomic mass is 9.91. The van der Waals surface area contributed by atoms with Crippen LogP contribution in [-0.4, -0.2) is 46.4 Å². The van der Waals surface area contributed by atoms with Gasteiger partial charge in [-0.05, 0) is 46.5 Å². The molecule has 1 aliphatic carbocycles. The zero-order chi connectivity index (χ0) is 21.0. The van der Waals surface area contributed by atoms with E-state index in [2.05, 4.69) is 21.2 Å². The van der Waals surface area contributed by atoms with Crippen LogP contribution >= 0.6 is 15.9 Å². The molecular weight excluding hydrogens is 435 g/mol. The first-order chi connectivity index (χ1) is 13.1. The van der Waals surface area contributed by atoms with Crippen molar-refractivity contribution in [1.82, 2.24) is 5.32 Å². The number of rotatable bonds is 7. The lowest BCUT2D eigenvalue weighted by Gasteiger charge is -2.31. The number of ether oxygens (including phenoxy) is 1. The van der Waals surface area contributed by atoms with E-state index in [1.807, 2.05) is 13.8 Å². The molecule has 4 unspecified atom stereocenters. The summed E-state index contributed by atoms with van der Waals surface area (Å²) in [6, 6.07) is 2.94. The highest BCUT2D eigenvalue weighted by Gasteiger charge is 2.35. The van der Waals surface area contributed by atoms with Crippen LogP contribution in [0.1, 0.15) is 26.7 Å².